The molecule has 1 aliphatic rings. The van der Waals surface area contributed by atoms with Crippen molar-refractivity contribution >= 4 is 17.2 Å². The Morgan fingerprint density at radius 3 is 2.85 bits per heavy atom. The molecule has 13 heavy (non-hydrogen) atoms. The van der Waals surface area contributed by atoms with Crippen LogP contribution in [0, 0.1) is 6.92 Å². The first-order valence-corrected chi connectivity index (χ1v) is 5.26. The molecule has 0 atom stereocenters. The summed E-state index contributed by atoms with van der Waals surface area (Å²) in [6.45, 7) is 3.76. The molecule has 0 saturated carbocycles. The third-order valence-corrected chi connectivity index (χ3v) is 3.08. The fraction of sp³-hybridized carbons (Fsp3) is 0.444. The molecule has 1 fully saturated rings. The van der Waals surface area contributed by atoms with E-state index in [9.17, 15) is 4.79 Å². The lowest BCUT2D eigenvalue weighted by Crippen LogP contribution is -2.56. The van der Waals surface area contributed by atoms with Crippen LogP contribution in [0.2, 0.25) is 0 Å². The van der Waals surface area contributed by atoms with Gasteiger partial charge in [0.1, 0.15) is 0 Å². The SMILES string of the molecule is Cc1cscc1C(=O)NC1CNC1. The van der Waals surface area contributed by atoms with Crippen LogP contribution in [-0.4, -0.2) is 25.0 Å². The van der Waals surface area contributed by atoms with E-state index in [0.717, 1.165) is 24.2 Å². The normalized spacial score (nSPS) is 16.7. The number of nitrogens with one attached hydrogen (secondary N) is 2. The van der Waals surface area contributed by atoms with E-state index >= 15 is 0 Å². The molecule has 0 unspecified atom stereocenters. The Bertz CT molecular complexity index is 317. The van der Waals surface area contributed by atoms with Crippen molar-refractivity contribution in [3.63, 3.8) is 0 Å². The highest BCUT2D eigenvalue weighted by Crippen LogP contribution is 2.13. The molecule has 0 aliphatic carbocycles. The fourth-order valence-corrected chi connectivity index (χ4v) is 2.08. The molecule has 0 radical (unpaired) electrons. The van der Waals surface area contributed by atoms with Crippen molar-refractivity contribution in [3.05, 3.63) is 21.9 Å². The number of hydrogen-bond donors (Lipinski definition) is 2. The summed E-state index contributed by atoms with van der Waals surface area (Å²) in [5.74, 6) is 0.0604. The molecule has 0 aromatic carbocycles. The van der Waals surface area contributed by atoms with Crippen LogP contribution in [0.4, 0.5) is 0 Å². The number of rotatable bonds is 2. The van der Waals surface area contributed by atoms with Gasteiger partial charge in [0.2, 0.25) is 0 Å². The van der Waals surface area contributed by atoms with Crippen molar-refractivity contribution < 1.29 is 4.79 Å². The number of carbonyl (C=O) groups excluding carboxylic acids is 1. The molecule has 2 N–H and O–H groups in total. The summed E-state index contributed by atoms with van der Waals surface area (Å²) < 4.78 is 0. The Kier molecular flexibility index (Phi) is 2.33. The maximum absolute atomic E-state index is 11.6. The van der Waals surface area contributed by atoms with Gasteiger partial charge in [-0.1, -0.05) is 0 Å². The molecule has 0 spiro atoms. The van der Waals surface area contributed by atoms with Crippen LogP contribution in [0.3, 0.4) is 0 Å². The molecule has 1 aromatic heterocycles. The van der Waals surface area contributed by atoms with E-state index in [4.69, 9.17) is 0 Å². The number of aryl methyl sites for hydroxylation is 1. The Balaban J connectivity index is 2.00. The highest BCUT2D eigenvalue weighted by atomic mass is 32.1. The third kappa shape index (κ3) is 1.73. The molecule has 1 amide bonds. The monoisotopic (exact) mass is 196 g/mol. The summed E-state index contributed by atoms with van der Waals surface area (Å²) in [6, 6.07) is 0.326. The van der Waals surface area contributed by atoms with E-state index in [1.165, 1.54) is 0 Å². The Hall–Kier alpha value is -0.870. The highest BCUT2D eigenvalue weighted by molar-refractivity contribution is 7.08. The maximum atomic E-state index is 11.6. The summed E-state index contributed by atoms with van der Waals surface area (Å²) in [6.07, 6.45) is 0. The zero-order valence-electron chi connectivity index (χ0n) is 7.46. The largest absolute Gasteiger partial charge is 0.347 e. The average Bonchev–Trinajstić information content (AvgIpc) is 2.43. The van der Waals surface area contributed by atoms with Gasteiger partial charge in [-0.2, -0.15) is 11.3 Å². The van der Waals surface area contributed by atoms with Gasteiger partial charge in [-0.3, -0.25) is 4.79 Å². The molecule has 2 heterocycles. The fourth-order valence-electron chi connectivity index (χ4n) is 1.25. The van der Waals surface area contributed by atoms with Crippen molar-refractivity contribution in [2.24, 2.45) is 0 Å². The lowest BCUT2D eigenvalue weighted by Gasteiger charge is -2.27. The second-order valence-corrected chi connectivity index (χ2v) is 4.04. The minimum atomic E-state index is 0.0604. The van der Waals surface area contributed by atoms with Crippen LogP contribution in [0.1, 0.15) is 15.9 Å². The molecule has 1 aliphatic heterocycles. The summed E-state index contributed by atoms with van der Waals surface area (Å²) in [7, 11) is 0. The van der Waals surface area contributed by atoms with Gasteiger partial charge in [-0.05, 0) is 17.9 Å². The second-order valence-electron chi connectivity index (χ2n) is 3.30. The summed E-state index contributed by atoms with van der Waals surface area (Å²) >= 11 is 1.57. The molecular weight excluding hydrogens is 184 g/mol. The highest BCUT2D eigenvalue weighted by Gasteiger charge is 2.20. The summed E-state index contributed by atoms with van der Waals surface area (Å²) in [5.41, 5.74) is 1.88. The molecule has 70 valence electrons. The van der Waals surface area contributed by atoms with Crippen molar-refractivity contribution in [1.29, 1.82) is 0 Å². The molecular formula is C9H12N2OS. The van der Waals surface area contributed by atoms with Crippen molar-refractivity contribution in [3.8, 4) is 0 Å². The summed E-state index contributed by atoms with van der Waals surface area (Å²) in [5, 5.41) is 9.97. The van der Waals surface area contributed by atoms with E-state index in [-0.39, 0.29) is 5.91 Å². The standard InChI is InChI=1S/C9H12N2OS/c1-6-4-13-5-8(6)9(12)11-7-2-10-3-7/h4-5,7,10H,2-3H2,1H3,(H,11,12). The smallest absolute Gasteiger partial charge is 0.252 e. The van der Waals surface area contributed by atoms with Gasteiger partial charge in [0.05, 0.1) is 11.6 Å². The van der Waals surface area contributed by atoms with Gasteiger partial charge in [-0.15, -0.1) is 0 Å². The Labute approximate surface area is 81.2 Å². The van der Waals surface area contributed by atoms with E-state index in [0.29, 0.717) is 6.04 Å². The lowest BCUT2D eigenvalue weighted by molar-refractivity contribution is 0.0924. The number of amides is 1. The topological polar surface area (TPSA) is 41.1 Å². The first-order chi connectivity index (χ1) is 6.27. The van der Waals surface area contributed by atoms with Crippen molar-refractivity contribution in [1.82, 2.24) is 10.6 Å². The quantitative estimate of drug-likeness (QED) is 0.733. The second kappa shape index (κ2) is 3.47. The van der Waals surface area contributed by atoms with Crippen LogP contribution in [0.15, 0.2) is 10.8 Å². The number of hydrogen-bond acceptors (Lipinski definition) is 3. The molecule has 1 saturated heterocycles. The van der Waals surface area contributed by atoms with E-state index in [1.54, 1.807) is 11.3 Å². The predicted octanol–water partition coefficient (Wildman–Crippen LogP) is 0.758. The first kappa shape index (κ1) is 8.72. The van der Waals surface area contributed by atoms with Gasteiger partial charge in [0.15, 0.2) is 0 Å². The zero-order valence-corrected chi connectivity index (χ0v) is 8.28. The van der Waals surface area contributed by atoms with Crippen LogP contribution >= 0.6 is 11.3 Å². The zero-order chi connectivity index (χ0) is 9.26. The van der Waals surface area contributed by atoms with Gasteiger partial charge in [0, 0.05) is 18.5 Å². The van der Waals surface area contributed by atoms with E-state index in [1.807, 2.05) is 17.7 Å². The van der Waals surface area contributed by atoms with Gasteiger partial charge >= 0.3 is 0 Å². The molecule has 0 bridgehead atoms. The third-order valence-electron chi connectivity index (χ3n) is 2.22. The maximum Gasteiger partial charge on any atom is 0.252 e. The van der Waals surface area contributed by atoms with Crippen LogP contribution in [0.25, 0.3) is 0 Å². The average molecular weight is 196 g/mol. The molecule has 4 heteroatoms. The minimum Gasteiger partial charge on any atom is -0.347 e. The lowest BCUT2D eigenvalue weighted by atomic mass is 10.1. The first-order valence-electron chi connectivity index (χ1n) is 4.32. The van der Waals surface area contributed by atoms with Gasteiger partial charge in [-0.25, -0.2) is 0 Å². The number of thiophene rings is 1. The van der Waals surface area contributed by atoms with Crippen LogP contribution in [-0.2, 0) is 0 Å². The predicted molar refractivity (Wildman–Crippen MR) is 53.2 cm³/mol. The van der Waals surface area contributed by atoms with Crippen molar-refractivity contribution in [2.75, 3.05) is 13.1 Å². The molecule has 3 nitrogen and oxygen atoms in total. The van der Waals surface area contributed by atoms with Crippen molar-refractivity contribution in [2.45, 2.75) is 13.0 Å². The van der Waals surface area contributed by atoms with Crippen LogP contribution < -0.4 is 10.6 Å². The van der Waals surface area contributed by atoms with Gasteiger partial charge < -0.3 is 10.6 Å². The minimum absolute atomic E-state index is 0.0604. The van der Waals surface area contributed by atoms with E-state index < -0.39 is 0 Å². The number of carbonyl (C=O) groups is 1. The molecule has 1 aromatic rings. The van der Waals surface area contributed by atoms with Gasteiger partial charge in [0.25, 0.3) is 5.91 Å². The van der Waals surface area contributed by atoms with Crippen LogP contribution in [0.5, 0.6) is 0 Å². The Morgan fingerprint density at radius 1 is 1.62 bits per heavy atom. The Morgan fingerprint density at radius 2 is 2.38 bits per heavy atom. The summed E-state index contributed by atoms with van der Waals surface area (Å²) in [4.78, 5) is 11.6. The molecule has 2 rings (SSSR count). The van der Waals surface area contributed by atoms with E-state index in [2.05, 4.69) is 10.6 Å².